The van der Waals surface area contributed by atoms with Crippen molar-refractivity contribution in [3.63, 3.8) is 0 Å². The number of likely N-dealkylation sites (N-methyl/N-ethyl adjacent to an activating group) is 1. The summed E-state index contributed by atoms with van der Waals surface area (Å²) in [5.41, 5.74) is 0.150. The summed E-state index contributed by atoms with van der Waals surface area (Å²) in [5, 5.41) is 8.85. The van der Waals surface area contributed by atoms with Crippen LogP contribution in [-0.2, 0) is 9.47 Å². The normalized spacial score (nSPS) is 20.0. The number of nitrogens with one attached hydrogen (secondary N) is 3. The monoisotopic (exact) mass is 542 g/mol. The summed E-state index contributed by atoms with van der Waals surface area (Å²) in [6, 6.07) is 1.70. The average molecular weight is 543 g/mol. The molecule has 3 N–H and O–H groups in total. The van der Waals surface area contributed by atoms with E-state index in [4.69, 9.17) is 4.74 Å². The van der Waals surface area contributed by atoms with Crippen LogP contribution in [0.2, 0.25) is 0 Å². The zero-order valence-corrected chi connectivity index (χ0v) is 22.4. The Bertz CT molecular complexity index is 893. The van der Waals surface area contributed by atoms with E-state index in [0.717, 1.165) is 18.6 Å². The molecule has 3 amide bonds. The summed E-state index contributed by atoms with van der Waals surface area (Å²) in [6.45, 7) is 1.69. The first-order valence-corrected chi connectivity index (χ1v) is 13.6. The Balaban J connectivity index is 1.68. The number of piperidine rings is 1. The number of carbonyl (C=O) groups is 2. The molecule has 2 aliphatic rings. The lowest BCUT2D eigenvalue weighted by Crippen LogP contribution is -2.52. The topological polar surface area (TPSA) is 91.9 Å². The number of rotatable bonds is 11. The van der Waals surface area contributed by atoms with Crippen LogP contribution < -0.4 is 16.0 Å². The number of halogens is 3. The lowest BCUT2D eigenvalue weighted by Gasteiger charge is -2.38. The molecule has 1 saturated heterocycles. The van der Waals surface area contributed by atoms with Crippen molar-refractivity contribution in [2.75, 3.05) is 46.9 Å². The molecule has 3 rings (SSSR count). The number of methoxy groups -OCH3 is 1. The fourth-order valence-electron chi connectivity index (χ4n) is 5.63. The summed E-state index contributed by atoms with van der Waals surface area (Å²) in [4.78, 5) is 26.3. The van der Waals surface area contributed by atoms with Crippen molar-refractivity contribution in [1.82, 2.24) is 20.9 Å². The predicted octanol–water partition coefficient (Wildman–Crippen LogP) is 4.50. The molecule has 1 aromatic carbocycles. The molecular formula is C27H41F3N4O4. The van der Waals surface area contributed by atoms with Crippen LogP contribution in [0.5, 0.6) is 0 Å². The highest BCUT2D eigenvalue weighted by molar-refractivity contribution is 5.74. The number of hydrogen-bond donors (Lipinski definition) is 3. The van der Waals surface area contributed by atoms with E-state index in [9.17, 15) is 22.8 Å². The molecule has 1 heterocycles. The van der Waals surface area contributed by atoms with Crippen LogP contribution in [-0.4, -0.2) is 70.0 Å². The number of carbonyl (C=O) groups excluding carboxylic acids is 2. The highest BCUT2D eigenvalue weighted by Crippen LogP contribution is 2.34. The molecule has 214 valence electrons. The van der Waals surface area contributed by atoms with Gasteiger partial charge in [-0.1, -0.05) is 32.1 Å². The summed E-state index contributed by atoms with van der Waals surface area (Å²) in [6.07, 6.45) is 6.96. The first-order valence-electron chi connectivity index (χ1n) is 13.6. The third-order valence-corrected chi connectivity index (χ3v) is 7.48. The Labute approximate surface area is 223 Å². The number of likely N-dealkylation sites (tertiary alicyclic amines) is 1. The Hall–Kier alpha value is -2.53. The summed E-state index contributed by atoms with van der Waals surface area (Å²) in [5.74, 6) is -3.82. The smallest absolute Gasteiger partial charge is 0.406 e. The number of alkyl carbamates (subject to hydrolysis) is 1. The average Bonchev–Trinajstić information content (AvgIpc) is 2.92. The number of hydrogen-bond acceptors (Lipinski definition) is 5. The van der Waals surface area contributed by atoms with Gasteiger partial charge in [-0.3, -0.25) is 0 Å². The molecule has 3 atom stereocenters. The van der Waals surface area contributed by atoms with E-state index in [1.165, 1.54) is 39.2 Å². The minimum Gasteiger partial charge on any atom is -0.453 e. The number of ether oxygens (including phenoxy) is 2. The van der Waals surface area contributed by atoms with Crippen molar-refractivity contribution >= 4 is 12.1 Å². The fourth-order valence-corrected chi connectivity index (χ4v) is 5.63. The molecule has 0 radical (unpaired) electrons. The largest absolute Gasteiger partial charge is 0.453 e. The van der Waals surface area contributed by atoms with Crippen molar-refractivity contribution in [3.05, 3.63) is 35.1 Å². The van der Waals surface area contributed by atoms with Crippen molar-refractivity contribution in [1.29, 1.82) is 0 Å². The highest BCUT2D eigenvalue weighted by atomic mass is 19.2. The van der Waals surface area contributed by atoms with Crippen molar-refractivity contribution in [2.45, 2.75) is 63.5 Å². The molecule has 1 aliphatic carbocycles. The third kappa shape index (κ3) is 8.76. The second-order valence-electron chi connectivity index (χ2n) is 10.3. The van der Waals surface area contributed by atoms with Crippen LogP contribution >= 0.6 is 0 Å². The van der Waals surface area contributed by atoms with Gasteiger partial charge in [0.25, 0.3) is 0 Å². The molecule has 8 nitrogen and oxygen atoms in total. The molecule has 0 spiro atoms. The first-order chi connectivity index (χ1) is 18.3. The van der Waals surface area contributed by atoms with Gasteiger partial charge < -0.3 is 30.3 Å². The summed E-state index contributed by atoms with van der Waals surface area (Å²) < 4.78 is 52.3. The zero-order chi connectivity index (χ0) is 27.5. The summed E-state index contributed by atoms with van der Waals surface area (Å²) in [7, 11) is 3.11. The van der Waals surface area contributed by atoms with Crippen LogP contribution in [0.25, 0.3) is 0 Å². The Kier molecular flexibility index (Phi) is 12.0. The van der Waals surface area contributed by atoms with Crippen LogP contribution in [0.3, 0.4) is 0 Å². The van der Waals surface area contributed by atoms with Gasteiger partial charge in [0.15, 0.2) is 17.5 Å². The van der Waals surface area contributed by atoms with Gasteiger partial charge in [0.1, 0.15) is 0 Å². The molecule has 0 bridgehead atoms. The second kappa shape index (κ2) is 15.2. The van der Waals surface area contributed by atoms with Gasteiger partial charge in [-0.05, 0) is 49.9 Å². The lowest BCUT2D eigenvalue weighted by atomic mass is 9.85. The number of urea groups is 1. The minimum atomic E-state index is -1.54. The molecular weight excluding hydrogens is 501 g/mol. The van der Waals surface area contributed by atoms with E-state index in [1.807, 2.05) is 7.05 Å². The van der Waals surface area contributed by atoms with Gasteiger partial charge in [0.05, 0.1) is 19.8 Å². The summed E-state index contributed by atoms with van der Waals surface area (Å²) >= 11 is 0. The van der Waals surface area contributed by atoms with Crippen molar-refractivity contribution < 1.29 is 32.2 Å². The van der Waals surface area contributed by atoms with E-state index < -0.39 is 29.6 Å². The molecule has 2 fully saturated rings. The van der Waals surface area contributed by atoms with E-state index in [2.05, 4.69) is 20.7 Å². The van der Waals surface area contributed by atoms with Gasteiger partial charge in [-0.15, -0.1) is 0 Å². The van der Waals surface area contributed by atoms with E-state index >= 15 is 0 Å². The van der Waals surface area contributed by atoms with Crippen LogP contribution in [0, 0.1) is 29.3 Å². The maximum absolute atomic E-state index is 14.1. The van der Waals surface area contributed by atoms with Crippen LogP contribution in [0.1, 0.15) is 63.0 Å². The van der Waals surface area contributed by atoms with E-state index in [0.29, 0.717) is 38.4 Å². The van der Waals surface area contributed by atoms with Crippen LogP contribution in [0.15, 0.2) is 12.1 Å². The molecule has 11 heteroatoms. The number of amides is 3. The Morgan fingerprint density at radius 3 is 2.45 bits per heavy atom. The quantitative estimate of drug-likeness (QED) is 0.283. The lowest BCUT2D eigenvalue weighted by molar-refractivity contribution is -0.00905. The maximum atomic E-state index is 14.1. The van der Waals surface area contributed by atoms with E-state index in [-0.39, 0.29) is 36.7 Å². The van der Waals surface area contributed by atoms with Crippen molar-refractivity contribution in [2.24, 2.45) is 11.8 Å². The SMILES string of the molecule is CNC[C@H](CC1CCCCC1)NC(=O)N1CCC[C@@H](C(OCCNC(=O)OC)c2cc(F)c(F)c(F)c2)C1. The molecule has 1 aliphatic heterocycles. The minimum absolute atomic E-state index is 0.00714. The number of benzene rings is 1. The van der Waals surface area contributed by atoms with E-state index in [1.54, 1.807) is 4.90 Å². The fraction of sp³-hybridized carbons (Fsp3) is 0.704. The molecule has 1 saturated carbocycles. The zero-order valence-electron chi connectivity index (χ0n) is 22.4. The van der Waals surface area contributed by atoms with Crippen LogP contribution in [0.4, 0.5) is 22.8 Å². The predicted molar refractivity (Wildman–Crippen MR) is 137 cm³/mol. The van der Waals surface area contributed by atoms with Gasteiger partial charge in [0.2, 0.25) is 0 Å². The molecule has 1 unspecified atom stereocenters. The van der Waals surface area contributed by atoms with Gasteiger partial charge in [0, 0.05) is 38.1 Å². The van der Waals surface area contributed by atoms with Gasteiger partial charge >= 0.3 is 12.1 Å². The van der Waals surface area contributed by atoms with Gasteiger partial charge in [-0.2, -0.15) is 0 Å². The number of nitrogens with zero attached hydrogens (tertiary/aromatic N) is 1. The molecule has 0 aromatic heterocycles. The Morgan fingerprint density at radius 1 is 1.08 bits per heavy atom. The highest BCUT2D eigenvalue weighted by Gasteiger charge is 2.33. The molecule has 38 heavy (non-hydrogen) atoms. The standard InChI is InChI=1S/C27H41F3N4O4/c1-31-16-21(13-18-7-4-3-5-8-18)33-26(35)34-11-6-9-19(17-34)25(38-12-10-32-27(36)37-2)20-14-22(28)24(30)23(29)15-20/h14-15,18-19,21,25,31H,3-13,16-17H2,1-2H3,(H,32,36)(H,33,35)/t19-,21+,25?/m1/s1. The third-order valence-electron chi connectivity index (χ3n) is 7.48. The van der Waals surface area contributed by atoms with Gasteiger partial charge in [-0.25, -0.2) is 22.8 Å². The second-order valence-corrected chi connectivity index (χ2v) is 10.3. The Morgan fingerprint density at radius 2 is 1.79 bits per heavy atom. The maximum Gasteiger partial charge on any atom is 0.406 e. The van der Waals surface area contributed by atoms with Crippen molar-refractivity contribution in [3.8, 4) is 0 Å². The first kappa shape index (κ1) is 30.0. The molecule has 1 aromatic rings.